The second-order valence-electron chi connectivity index (χ2n) is 8.08. The van der Waals surface area contributed by atoms with Crippen LogP contribution < -0.4 is 10.1 Å². The maximum Gasteiger partial charge on any atom is 0.252 e. The van der Waals surface area contributed by atoms with E-state index in [2.05, 4.69) is 48.4 Å². The van der Waals surface area contributed by atoms with Gasteiger partial charge in [0.05, 0.1) is 18.2 Å². The Labute approximate surface area is 171 Å². The Kier molecular flexibility index (Phi) is 4.87. The molecule has 1 aromatic heterocycles. The van der Waals surface area contributed by atoms with Gasteiger partial charge in [-0.1, -0.05) is 23.8 Å². The number of carbonyl (C=O) groups is 1. The number of aromatic nitrogens is 1. The summed E-state index contributed by atoms with van der Waals surface area (Å²) in [6, 6.07) is 13.9. The van der Waals surface area contributed by atoms with Crippen LogP contribution in [0.2, 0.25) is 0 Å². The second kappa shape index (κ2) is 7.36. The molecule has 0 spiro atoms. The second-order valence-corrected chi connectivity index (χ2v) is 8.08. The van der Waals surface area contributed by atoms with E-state index < -0.39 is 0 Å². The number of ether oxygens (including phenoxy) is 1. The van der Waals surface area contributed by atoms with E-state index in [1.54, 1.807) is 13.2 Å². The zero-order chi connectivity index (χ0) is 20.6. The van der Waals surface area contributed by atoms with Gasteiger partial charge in [0, 0.05) is 17.1 Å². The van der Waals surface area contributed by atoms with Crippen LogP contribution >= 0.6 is 0 Å². The molecule has 0 saturated heterocycles. The van der Waals surface area contributed by atoms with Gasteiger partial charge in [-0.3, -0.25) is 9.78 Å². The molecule has 0 unspecified atom stereocenters. The largest absolute Gasteiger partial charge is 0.497 e. The van der Waals surface area contributed by atoms with Crippen molar-refractivity contribution in [2.45, 2.75) is 39.2 Å². The van der Waals surface area contributed by atoms with E-state index in [0.29, 0.717) is 11.3 Å². The zero-order valence-electron chi connectivity index (χ0n) is 17.4. The van der Waals surface area contributed by atoms with E-state index in [0.717, 1.165) is 40.4 Å². The van der Waals surface area contributed by atoms with E-state index >= 15 is 0 Å². The Morgan fingerprint density at radius 2 is 1.97 bits per heavy atom. The lowest BCUT2D eigenvalue weighted by atomic mass is 9.95. The first-order valence-electron chi connectivity index (χ1n) is 9.93. The Morgan fingerprint density at radius 1 is 1.17 bits per heavy atom. The molecule has 1 aliphatic carbocycles. The Morgan fingerprint density at radius 3 is 2.66 bits per heavy atom. The third kappa shape index (κ3) is 3.75. The van der Waals surface area contributed by atoms with Crippen LogP contribution in [0.25, 0.3) is 17.0 Å². The lowest BCUT2D eigenvalue weighted by molar-refractivity contribution is 0.0930. The van der Waals surface area contributed by atoms with Gasteiger partial charge in [0.15, 0.2) is 0 Å². The molecule has 1 aliphatic rings. The van der Waals surface area contributed by atoms with Crippen molar-refractivity contribution in [2.75, 3.05) is 7.11 Å². The highest BCUT2D eigenvalue weighted by molar-refractivity contribution is 5.97. The van der Waals surface area contributed by atoms with Crippen LogP contribution in [0.5, 0.6) is 5.75 Å². The Bertz CT molecular complexity index is 1120. The van der Waals surface area contributed by atoms with E-state index in [1.807, 2.05) is 31.3 Å². The van der Waals surface area contributed by atoms with Crippen molar-refractivity contribution in [1.29, 1.82) is 0 Å². The minimum absolute atomic E-state index is 0.0662. The van der Waals surface area contributed by atoms with Crippen molar-refractivity contribution >= 4 is 22.9 Å². The lowest BCUT2D eigenvalue weighted by Crippen LogP contribution is -2.35. The van der Waals surface area contributed by atoms with Crippen LogP contribution in [0, 0.1) is 6.92 Å². The highest BCUT2D eigenvalue weighted by Crippen LogP contribution is 2.48. The first-order chi connectivity index (χ1) is 13.9. The maximum atomic E-state index is 13.2. The topological polar surface area (TPSA) is 51.2 Å². The number of hydrogen-bond acceptors (Lipinski definition) is 3. The molecular formula is C25H26N2O2. The van der Waals surface area contributed by atoms with Gasteiger partial charge < -0.3 is 10.1 Å². The molecule has 1 fully saturated rings. The van der Waals surface area contributed by atoms with E-state index in [9.17, 15) is 4.79 Å². The van der Waals surface area contributed by atoms with Gasteiger partial charge in [0.2, 0.25) is 0 Å². The van der Waals surface area contributed by atoms with Gasteiger partial charge in [0.1, 0.15) is 5.75 Å². The van der Waals surface area contributed by atoms with E-state index in [4.69, 9.17) is 4.74 Å². The fraction of sp³-hybridized carbons (Fsp3) is 0.280. The number of fused-ring (bicyclic) bond motifs is 1. The van der Waals surface area contributed by atoms with Gasteiger partial charge in [-0.25, -0.2) is 0 Å². The summed E-state index contributed by atoms with van der Waals surface area (Å²) in [6.45, 7) is 6.12. The molecule has 0 bridgehead atoms. The number of amides is 1. The fourth-order valence-corrected chi connectivity index (χ4v) is 3.86. The minimum atomic E-state index is -0.348. The van der Waals surface area contributed by atoms with E-state index in [1.165, 1.54) is 5.57 Å². The van der Waals surface area contributed by atoms with Gasteiger partial charge in [-0.15, -0.1) is 0 Å². The summed E-state index contributed by atoms with van der Waals surface area (Å²) >= 11 is 0. The quantitative estimate of drug-likeness (QED) is 0.639. The molecule has 1 N–H and O–H groups in total. The van der Waals surface area contributed by atoms with Crippen molar-refractivity contribution in [3.63, 3.8) is 0 Å². The van der Waals surface area contributed by atoms with Crippen LogP contribution in [0.3, 0.4) is 0 Å². The molecule has 4 heteroatoms. The number of carbonyl (C=O) groups excluding carboxylic acids is 1. The standard InChI is InChI=1S/C25H26N2O2/c1-16(2)12-18-13-22(20-6-5-11-26-23(20)14-18)25(9-10-25)27-24(28)21-15-19(29-4)8-7-17(21)3/h5-8,11-15H,9-10H2,1-4H3,(H,27,28). The first-order valence-corrected chi connectivity index (χ1v) is 9.93. The minimum Gasteiger partial charge on any atom is -0.497 e. The molecule has 148 valence electrons. The van der Waals surface area contributed by atoms with Crippen LogP contribution in [0.15, 0.2) is 54.2 Å². The number of allylic oxidation sites excluding steroid dienone is 1. The summed E-state index contributed by atoms with van der Waals surface area (Å²) in [4.78, 5) is 17.7. The van der Waals surface area contributed by atoms with Crippen LogP contribution in [0.1, 0.15) is 53.7 Å². The predicted octanol–water partition coefficient (Wildman–Crippen LogP) is 5.39. The van der Waals surface area contributed by atoms with Gasteiger partial charge in [-0.2, -0.15) is 0 Å². The third-order valence-corrected chi connectivity index (χ3v) is 5.51. The number of nitrogens with zero attached hydrogens (tertiary/aromatic N) is 1. The highest BCUT2D eigenvalue weighted by Gasteiger charge is 2.47. The number of pyridine rings is 1. The normalized spacial score (nSPS) is 14.3. The molecular weight excluding hydrogens is 360 g/mol. The van der Waals surface area contributed by atoms with Crippen LogP contribution in [-0.2, 0) is 5.54 Å². The molecule has 4 rings (SSSR count). The first kappa shape index (κ1) is 19.2. The molecule has 0 radical (unpaired) electrons. The third-order valence-electron chi connectivity index (χ3n) is 5.51. The number of nitrogens with one attached hydrogen (secondary N) is 1. The summed E-state index contributed by atoms with van der Waals surface area (Å²) < 4.78 is 5.31. The van der Waals surface area contributed by atoms with Crippen LogP contribution in [0.4, 0.5) is 0 Å². The van der Waals surface area contributed by atoms with Gasteiger partial charge in [-0.05, 0) is 80.6 Å². The molecule has 2 aromatic carbocycles. The van der Waals surface area contributed by atoms with Gasteiger partial charge in [0.25, 0.3) is 5.91 Å². The predicted molar refractivity (Wildman–Crippen MR) is 117 cm³/mol. The average Bonchev–Trinajstić information content (AvgIpc) is 3.47. The number of hydrogen-bond donors (Lipinski definition) is 1. The van der Waals surface area contributed by atoms with Crippen molar-refractivity contribution in [1.82, 2.24) is 10.3 Å². The summed E-state index contributed by atoms with van der Waals surface area (Å²) in [7, 11) is 1.61. The molecule has 1 amide bonds. The molecule has 0 aliphatic heterocycles. The fourth-order valence-electron chi connectivity index (χ4n) is 3.86. The van der Waals surface area contributed by atoms with Crippen LogP contribution in [-0.4, -0.2) is 18.0 Å². The maximum absolute atomic E-state index is 13.2. The summed E-state index contributed by atoms with van der Waals surface area (Å²) in [6.07, 6.45) is 5.81. The lowest BCUT2D eigenvalue weighted by Gasteiger charge is -2.21. The number of methoxy groups -OCH3 is 1. The number of aryl methyl sites for hydroxylation is 1. The SMILES string of the molecule is COc1ccc(C)c(C(=O)NC2(c3cc(C=C(C)C)cc4ncccc34)CC2)c1. The molecule has 1 saturated carbocycles. The van der Waals surface area contributed by atoms with Gasteiger partial charge >= 0.3 is 0 Å². The summed E-state index contributed by atoms with van der Waals surface area (Å²) in [5, 5.41) is 4.42. The number of benzene rings is 2. The van der Waals surface area contributed by atoms with E-state index in [-0.39, 0.29) is 11.4 Å². The van der Waals surface area contributed by atoms with Crippen molar-refractivity contribution in [2.24, 2.45) is 0 Å². The summed E-state index contributed by atoms with van der Waals surface area (Å²) in [5.74, 6) is 0.620. The molecule has 3 aromatic rings. The van der Waals surface area contributed by atoms with Crippen molar-refractivity contribution in [3.8, 4) is 5.75 Å². The average molecular weight is 386 g/mol. The van der Waals surface area contributed by atoms with Crippen molar-refractivity contribution < 1.29 is 9.53 Å². The Balaban J connectivity index is 1.76. The smallest absolute Gasteiger partial charge is 0.252 e. The molecule has 0 atom stereocenters. The Hall–Kier alpha value is -3.14. The van der Waals surface area contributed by atoms with Crippen molar-refractivity contribution in [3.05, 3.63) is 76.5 Å². The molecule has 4 nitrogen and oxygen atoms in total. The molecule has 29 heavy (non-hydrogen) atoms. The number of rotatable bonds is 5. The molecule has 1 heterocycles. The monoisotopic (exact) mass is 386 g/mol. The zero-order valence-corrected chi connectivity index (χ0v) is 17.4. The summed E-state index contributed by atoms with van der Waals surface area (Å²) in [5.41, 5.74) is 5.68. The highest BCUT2D eigenvalue weighted by atomic mass is 16.5.